The fraction of sp³-hybridized carbons (Fsp3) is 0.837. The quantitative estimate of drug-likeness (QED) is 0.0205. The van der Waals surface area contributed by atoms with E-state index in [-0.39, 0.29) is 43.5 Å². The Balaban J connectivity index is 2.24. The van der Waals surface area contributed by atoms with Crippen molar-refractivity contribution in [1.29, 1.82) is 0 Å². The van der Waals surface area contributed by atoms with Gasteiger partial charge in [-0.2, -0.15) is 0 Å². The number of phosphoric ester groups is 1. The van der Waals surface area contributed by atoms with Crippen molar-refractivity contribution in [2.75, 3.05) is 13.2 Å². The van der Waals surface area contributed by atoms with Crippen LogP contribution in [0.2, 0.25) is 0 Å². The molecule has 0 unspecified atom stereocenters. The van der Waals surface area contributed by atoms with Gasteiger partial charge in [-0.15, -0.1) is 0 Å². The molecule has 1 aliphatic rings. The second-order valence-corrected chi connectivity index (χ2v) is 16.7. The van der Waals surface area contributed by atoms with Crippen molar-refractivity contribution >= 4 is 25.5 Å². The normalized spacial score (nSPS) is 18.7. The molecule has 11 nitrogen and oxygen atoms in total. The highest BCUT2D eigenvalue weighted by atomic mass is 31.2. The number of esters is 2. The van der Waals surface area contributed by atoms with Crippen molar-refractivity contribution in [1.82, 2.24) is 0 Å². The highest BCUT2D eigenvalue weighted by molar-refractivity contribution is 7.46. The molecule has 1 rings (SSSR count). The van der Waals surface area contributed by atoms with Crippen LogP contribution in [0.4, 0.5) is 0 Å². The molecule has 5 atom stereocenters. The van der Waals surface area contributed by atoms with Gasteiger partial charge in [-0.05, 0) is 57.3 Å². The molecule has 0 bridgehead atoms. The van der Waals surface area contributed by atoms with E-state index in [0.29, 0.717) is 25.7 Å². The summed E-state index contributed by atoms with van der Waals surface area (Å²) < 4.78 is 26.4. The number of ether oxygens (including phenoxy) is 2. The van der Waals surface area contributed by atoms with Gasteiger partial charge in [-0.25, -0.2) is 4.57 Å². The van der Waals surface area contributed by atoms with E-state index in [2.05, 4.69) is 30.5 Å². The number of Topliss-reactive ketones (excluding diaryl/α,β-unsaturated/α-hetero) is 1. The first-order valence-electron chi connectivity index (χ1n) is 21.7. The summed E-state index contributed by atoms with van der Waals surface area (Å²) in [6.45, 7) is 3.38. The standard InChI is InChI=1S/C43H77O11P/c1-3-5-7-8-9-10-11-12-13-14-15-16-17-18-19-20-26-30-43(48)54-37(35-53-55(49,50)51)34-52-42(47)29-25-22-21-24-28-38-39(41(46)33-40(38)45)32-31-36(44)27-23-6-4-2/h12-13,31-32,36-40,44-45H,3-11,14-30,33-35H2,1-2H3,(H2,49,50,51)/b13-12-,32-31+/t36-,37+,38+,39+,40-/m0/s1. The lowest BCUT2D eigenvalue weighted by Gasteiger charge is -2.19. The number of phosphoric acid groups is 1. The molecule has 0 heterocycles. The number of carbonyl (C=O) groups excluding carboxylic acids is 3. The van der Waals surface area contributed by atoms with Crippen LogP contribution in [0.1, 0.15) is 187 Å². The Hall–Kier alpha value is -1.88. The van der Waals surface area contributed by atoms with Crippen molar-refractivity contribution in [2.45, 2.75) is 206 Å². The van der Waals surface area contributed by atoms with Crippen molar-refractivity contribution in [2.24, 2.45) is 11.8 Å². The number of allylic oxidation sites excluding steroid dienone is 3. The lowest BCUT2D eigenvalue weighted by molar-refractivity contribution is -0.161. The van der Waals surface area contributed by atoms with E-state index in [1.165, 1.54) is 64.2 Å². The summed E-state index contributed by atoms with van der Waals surface area (Å²) >= 11 is 0. The molecule has 1 aliphatic carbocycles. The van der Waals surface area contributed by atoms with Crippen LogP contribution in [0, 0.1) is 11.8 Å². The maximum Gasteiger partial charge on any atom is 0.469 e. The molecule has 0 amide bonds. The van der Waals surface area contributed by atoms with Crippen molar-refractivity contribution < 1.29 is 52.9 Å². The molecule has 320 valence electrons. The SMILES string of the molecule is CCCCCCCC/C=C\CCCCCCCCCC(=O)O[C@H](COC(=O)CCCCCC[C@H]1[C@@H](O)CC(=O)[C@@H]1/C=C/[C@@H](O)CCCCC)COP(=O)(O)O. The van der Waals surface area contributed by atoms with E-state index < -0.39 is 44.7 Å². The van der Waals surface area contributed by atoms with Gasteiger partial charge in [0, 0.05) is 25.2 Å². The monoisotopic (exact) mass is 801 g/mol. The highest BCUT2D eigenvalue weighted by Crippen LogP contribution is 2.36. The van der Waals surface area contributed by atoms with E-state index in [0.717, 1.165) is 64.2 Å². The first-order valence-corrected chi connectivity index (χ1v) is 23.3. The molecule has 0 saturated heterocycles. The van der Waals surface area contributed by atoms with Gasteiger partial charge in [0.05, 0.1) is 18.8 Å². The minimum Gasteiger partial charge on any atom is -0.462 e. The van der Waals surface area contributed by atoms with Gasteiger partial charge in [-0.3, -0.25) is 18.9 Å². The molecule has 0 aromatic carbocycles. The Bertz CT molecular complexity index is 1100. The van der Waals surface area contributed by atoms with Crippen LogP contribution in [-0.4, -0.2) is 69.2 Å². The Morgan fingerprint density at radius 2 is 1.27 bits per heavy atom. The van der Waals surface area contributed by atoms with Crippen LogP contribution < -0.4 is 0 Å². The number of ketones is 1. The molecule has 0 radical (unpaired) electrons. The average Bonchev–Trinajstić information content (AvgIpc) is 3.41. The Kier molecular flexibility index (Phi) is 30.8. The lowest BCUT2D eigenvalue weighted by Crippen LogP contribution is -2.29. The summed E-state index contributed by atoms with van der Waals surface area (Å²) in [5.41, 5.74) is 0. The van der Waals surface area contributed by atoms with Crippen LogP contribution in [-0.2, 0) is 32.9 Å². The smallest absolute Gasteiger partial charge is 0.462 e. The summed E-state index contributed by atoms with van der Waals surface area (Å²) in [4.78, 5) is 55.6. The maximum absolute atomic E-state index is 12.5. The topological polar surface area (TPSA) is 177 Å². The molecule has 4 N–H and O–H groups in total. The number of carbonyl (C=O) groups is 3. The number of unbranched alkanes of at least 4 members (excludes halogenated alkanes) is 18. The molecule has 0 aromatic rings. The first kappa shape index (κ1) is 51.1. The van der Waals surface area contributed by atoms with Gasteiger partial charge >= 0.3 is 19.8 Å². The van der Waals surface area contributed by atoms with Crippen LogP contribution in [0.15, 0.2) is 24.3 Å². The van der Waals surface area contributed by atoms with Gasteiger partial charge in [0.2, 0.25) is 0 Å². The summed E-state index contributed by atoms with van der Waals surface area (Å²) in [7, 11) is -4.81. The van der Waals surface area contributed by atoms with Crippen LogP contribution >= 0.6 is 7.82 Å². The van der Waals surface area contributed by atoms with Gasteiger partial charge in [0.25, 0.3) is 0 Å². The predicted molar refractivity (Wildman–Crippen MR) is 217 cm³/mol. The third-order valence-corrected chi connectivity index (χ3v) is 10.8. The number of hydrogen-bond acceptors (Lipinski definition) is 9. The molecule has 12 heteroatoms. The molecular weight excluding hydrogens is 723 g/mol. The predicted octanol–water partition coefficient (Wildman–Crippen LogP) is 9.77. The van der Waals surface area contributed by atoms with Crippen LogP contribution in [0.3, 0.4) is 0 Å². The largest absolute Gasteiger partial charge is 0.469 e. The molecule has 55 heavy (non-hydrogen) atoms. The van der Waals surface area contributed by atoms with E-state index in [1.54, 1.807) is 12.2 Å². The van der Waals surface area contributed by atoms with Crippen LogP contribution in [0.5, 0.6) is 0 Å². The molecule has 0 spiro atoms. The van der Waals surface area contributed by atoms with Gasteiger partial charge in [0.1, 0.15) is 12.4 Å². The van der Waals surface area contributed by atoms with Gasteiger partial charge in [0.15, 0.2) is 6.10 Å². The molecular formula is C43H77O11P. The number of aliphatic hydroxyl groups excluding tert-OH is 2. The molecule has 0 aliphatic heterocycles. The van der Waals surface area contributed by atoms with Crippen molar-refractivity contribution in [3.63, 3.8) is 0 Å². The Morgan fingerprint density at radius 3 is 1.87 bits per heavy atom. The number of hydrogen-bond donors (Lipinski definition) is 4. The Morgan fingerprint density at radius 1 is 0.745 bits per heavy atom. The number of rotatable bonds is 36. The van der Waals surface area contributed by atoms with E-state index >= 15 is 0 Å². The minimum atomic E-state index is -4.81. The summed E-state index contributed by atoms with van der Waals surface area (Å²) in [6.07, 6.45) is 30.9. The van der Waals surface area contributed by atoms with E-state index in [4.69, 9.17) is 19.3 Å². The Labute approximate surface area is 332 Å². The van der Waals surface area contributed by atoms with Gasteiger partial charge < -0.3 is 29.5 Å². The second kappa shape index (κ2) is 33.1. The van der Waals surface area contributed by atoms with Crippen molar-refractivity contribution in [3.8, 4) is 0 Å². The average molecular weight is 801 g/mol. The zero-order chi connectivity index (χ0) is 40.6. The van der Waals surface area contributed by atoms with E-state index in [9.17, 15) is 29.2 Å². The summed E-state index contributed by atoms with van der Waals surface area (Å²) in [5, 5.41) is 20.7. The third-order valence-electron chi connectivity index (χ3n) is 10.3. The molecule has 1 saturated carbocycles. The number of aliphatic hydroxyl groups is 2. The second-order valence-electron chi connectivity index (χ2n) is 15.5. The molecule has 1 fully saturated rings. The third kappa shape index (κ3) is 29.1. The van der Waals surface area contributed by atoms with Crippen molar-refractivity contribution in [3.05, 3.63) is 24.3 Å². The lowest BCUT2D eigenvalue weighted by atomic mass is 9.88. The van der Waals surface area contributed by atoms with Gasteiger partial charge in [-0.1, -0.05) is 141 Å². The fourth-order valence-corrected chi connectivity index (χ4v) is 7.40. The highest BCUT2D eigenvalue weighted by Gasteiger charge is 2.39. The summed E-state index contributed by atoms with van der Waals surface area (Å²) in [6, 6.07) is 0. The maximum atomic E-state index is 12.5. The van der Waals surface area contributed by atoms with Crippen LogP contribution in [0.25, 0.3) is 0 Å². The minimum absolute atomic E-state index is 0.00109. The fourth-order valence-electron chi connectivity index (χ4n) is 7.04. The summed E-state index contributed by atoms with van der Waals surface area (Å²) in [5.74, 6) is -1.61. The zero-order valence-corrected chi connectivity index (χ0v) is 35.2. The molecule has 0 aromatic heterocycles. The first-order chi connectivity index (χ1) is 26.5. The zero-order valence-electron chi connectivity index (χ0n) is 34.3. The van der Waals surface area contributed by atoms with E-state index in [1.807, 2.05) is 0 Å².